The van der Waals surface area contributed by atoms with E-state index in [9.17, 15) is 9.59 Å². The van der Waals surface area contributed by atoms with Gasteiger partial charge in [0.25, 0.3) is 0 Å². The maximum Gasteiger partial charge on any atom is 0.513 e. The van der Waals surface area contributed by atoms with Gasteiger partial charge < -0.3 is 19.5 Å². The maximum absolute atomic E-state index is 11.8. The fourth-order valence-electron chi connectivity index (χ4n) is 2.42. The normalized spacial score (nSPS) is 19.0. The first-order valence-corrected chi connectivity index (χ1v) is 8.72. The summed E-state index contributed by atoms with van der Waals surface area (Å²) in [6, 6.07) is 7.34. The molecule has 1 aromatic rings. The smallest absolute Gasteiger partial charge is 0.444 e. The molecule has 1 amide bonds. The van der Waals surface area contributed by atoms with E-state index in [0.717, 1.165) is 24.8 Å². The van der Waals surface area contributed by atoms with Crippen molar-refractivity contribution in [2.24, 2.45) is 0 Å². The topological polar surface area (TPSA) is 73.9 Å². The molecule has 1 aliphatic carbocycles. The molecule has 1 aliphatic rings. The molecule has 1 N–H and O–H groups in total. The van der Waals surface area contributed by atoms with Crippen molar-refractivity contribution in [2.75, 3.05) is 6.61 Å². The predicted molar refractivity (Wildman–Crippen MR) is 93.8 cm³/mol. The fourth-order valence-corrected chi connectivity index (χ4v) is 2.42. The molecule has 0 radical (unpaired) electrons. The van der Waals surface area contributed by atoms with E-state index < -0.39 is 17.8 Å². The first-order chi connectivity index (χ1) is 11.8. The first kappa shape index (κ1) is 19.1. The molecule has 1 aromatic carbocycles. The number of amides is 1. The van der Waals surface area contributed by atoms with Gasteiger partial charge in [-0.3, -0.25) is 0 Å². The Kier molecular flexibility index (Phi) is 6.28. The molecule has 0 spiro atoms. The van der Waals surface area contributed by atoms with Crippen molar-refractivity contribution in [1.29, 1.82) is 0 Å². The van der Waals surface area contributed by atoms with Crippen LogP contribution < -0.4 is 10.1 Å². The third-order valence-corrected chi connectivity index (χ3v) is 3.70. The summed E-state index contributed by atoms with van der Waals surface area (Å²) in [6.45, 7) is 7.88. The van der Waals surface area contributed by atoms with Crippen molar-refractivity contribution in [2.45, 2.75) is 64.5 Å². The van der Waals surface area contributed by atoms with Crippen molar-refractivity contribution in [3.8, 4) is 5.75 Å². The third-order valence-electron chi connectivity index (χ3n) is 3.70. The van der Waals surface area contributed by atoms with E-state index in [1.165, 1.54) is 0 Å². The van der Waals surface area contributed by atoms with Crippen molar-refractivity contribution in [3.63, 3.8) is 0 Å². The average molecular weight is 349 g/mol. The molecule has 1 saturated carbocycles. The van der Waals surface area contributed by atoms with E-state index in [2.05, 4.69) is 5.32 Å². The van der Waals surface area contributed by atoms with Crippen molar-refractivity contribution in [1.82, 2.24) is 5.32 Å². The van der Waals surface area contributed by atoms with Crippen LogP contribution in [0.5, 0.6) is 5.75 Å². The molecule has 0 aromatic heterocycles. The second-order valence-corrected chi connectivity index (χ2v) is 7.22. The lowest BCUT2D eigenvalue weighted by Crippen LogP contribution is -2.34. The molecule has 138 valence electrons. The van der Waals surface area contributed by atoms with Gasteiger partial charge in [0, 0.05) is 12.0 Å². The summed E-state index contributed by atoms with van der Waals surface area (Å²) in [5.74, 6) is 0.647. The number of benzene rings is 1. The first-order valence-electron chi connectivity index (χ1n) is 8.72. The van der Waals surface area contributed by atoms with Crippen molar-refractivity contribution >= 4 is 12.2 Å². The summed E-state index contributed by atoms with van der Waals surface area (Å²) in [5.41, 5.74) is 0.500. The van der Waals surface area contributed by atoms with E-state index in [1.54, 1.807) is 6.07 Å². The highest BCUT2D eigenvalue weighted by Crippen LogP contribution is 2.41. The Balaban J connectivity index is 1.84. The van der Waals surface area contributed by atoms with Crippen LogP contribution in [-0.4, -0.2) is 30.5 Å². The summed E-state index contributed by atoms with van der Waals surface area (Å²) < 4.78 is 15.4. The molecule has 1 fully saturated rings. The Hall–Kier alpha value is -2.24. The van der Waals surface area contributed by atoms with Crippen LogP contribution in [0.25, 0.3) is 0 Å². The number of hydrogen-bond acceptors (Lipinski definition) is 5. The van der Waals surface area contributed by atoms with E-state index in [-0.39, 0.29) is 12.0 Å². The maximum atomic E-state index is 11.8. The summed E-state index contributed by atoms with van der Waals surface area (Å²) in [7, 11) is 0. The molecule has 0 aliphatic heterocycles. The molecule has 0 saturated heterocycles. The summed E-state index contributed by atoms with van der Waals surface area (Å²) in [4.78, 5) is 23.4. The van der Waals surface area contributed by atoms with Crippen LogP contribution in [0.15, 0.2) is 24.3 Å². The van der Waals surface area contributed by atoms with Gasteiger partial charge in [0.2, 0.25) is 0 Å². The van der Waals surface area contributed by atoms with Crippen LogP contribution in [0.3, 0.4) is 0 Å². The molecule has 6 heteroatoms. The number of unbranched alkanes of at least 4 members (excludes halogenated alkanes) is 1. The van der Waals surface area contributed by atoms with E-state index >= 15 is 0 Å². The lowest BCUT2D eigenvalue weighted by molar-refractivity contribution is 0.0522. The van der Waals surface area contributed by atoms with E-state index in [4.69, 9.17) is 14.2 Å². The number of alkyl carbamates (subject to hydrolysis) is 1. The minimum Gasteiger partial charge on any atom is -0.444 e. The summed E-state index contributed by atoms with van der Waals surface area (Å²) in [6.07, 6.45) is 1.51. The predicted octanol–water partition coefficient (Wildman–Crippen LogP) is 4.38. The Morgan fingerprint density at radius 1 is 1.28 bits per heavy atom. The van der Waals surface area contributed by atoms with Gasteiger partial charge in [-0.05, 0) is 51.3 Å². The van der Waals surface area contributed by atoms with Crippen LogP contribution in [0.2, 0.25) is 0 Å². The van der Waals surface area contributed by atoms with Gasteiger partial charge in [-0.15, -0.1) is 0 Å². The molecule has 2 unspecified atom stereocenters. The highest BCUT2D eigenvalue weighted by atomic mass is 16.7. The Labute approximate surface area is 148 Å². The number of ether oxygens (including phenoxy) is 3. The molecule has 0 bridgehead atoms. The minimum absolute atomic E-state index is 0.0432. The standard InChI is InChI=1S/C19H27NO5/c1-5-6-10-23-18(22)24-14-9-7-8-13(11-14)15-12-16(15)20-17(21)25-19(2,3)4/h7-9,11,15-16H,5-6,10,12H2,1-4H3,(H,20,21). The molecule has 0 heterocycles. The number of nitrogens with one attached hydrogen (secondary N) is 1. The highest BCUT2D eigenvalue weighted by Gasteiger charge is 2.40. The number of hydrogen-bond donors (Lipinski definition) is 1. The van der Waals surface area contributed by atoms with Gasteiger partial charge in [-0.2, -0.15) is 0 Å². The fraction of sp³-hybridized carbons (Fsp3) is 0.579. The second-order valence-electron chi connectivity index (χ2n) is 7.22. The van der Waals surface area contributed by atoms with Gasteiger partial charge >= 0.3 is 12.2 Å². The average Bonchev–Trinajstić information content (AvgIpc) is 3.25. The monoisotopic (exact) mass is 349 g/mol. The van der Waals surface area contributed by atoms with Gasteiger partial charge in [-0.1, -0.05) is 25.5 Å². The zero-order chi connectivity index (χ0) is 18.4. The SMILES string of the molecule is CCCCOC(=O)Oc1cccc(C2CC2NC(=O)OC(C)(C)C)c1. The molecular formula is C19H27NO5. The van der Waals surface area contributed by atoms with Gasteiger partial charge in [0.05, 0.1) is 6.61 Å². The third kappa shape index (κ3) is 6.64. The molecule has 25 heavy (non-hydrogen) atoms. The Morgan fingerprint density at radius 3 is 2.72 bits per heavy atom. The second kappa shape index (κ2) is 8.23. The van der Waals surface area contributed by atoms with Crippen LogP contribution >= 0.6 is 0 Å². The molecule has 2 atom stereocenters. The van der Waals surface area contributed by atoms with Crippen LogP contribution in [0.1, 0.15) is 58.4 Å². The number of rotatable bonds is 6. The zero-order valence-corrected chi connectivity index (χ0v) is 15.3. The lowest BCUT2D eigenvalue weighted by atomic mass is 10.1. The number of carbonyl (C=O) groups excluding carboxylic acids is 2. The van der Waals surface area contributed by atoms with Crippen LogP contribution in [0, 0.1) is 0 Å². The zero-order valence-electron chi connectivity index (χ0n) is 15.3. The van der Waals surface area contributed by atoms with Gasteiger partial charge in [-0.25, -0.2) is 9.59 Å². The van der Waals surface area contributed by atoms with E-state index in [1.807, 2.05) is 45.9 Å². The Bertz CT molecular complexity index is 608. The molecule has 2 rings (SSSR count). The molecule has 6 nitrogen and oxygen atoms in total. The Morgan fingerprint density at radius 2 is 2.04 bits per heavy atom. The largest absolute Gasteiger partial charge is 0.513 e. The molecular weight excluding hydrogens is 322 g/mol. The van der Waals surface area contributed by atoms with E-state index in [0.29, 0.717) is 12.4 Å². The van der Waals surface area contributed by atoms with Gasteiger partial charge in [0.1, 0.15) is 11.4 Å². The lowest BCUT2D eigenvalue weighted by Gasteiger charge is -2.19. The van der Waals surface area contributed by atoms with Crippen LogP contribution in [0.4, 0.5) is 9.59 Å². The summed E-state index contributed by atoms with van der Waals surface area (Å²) in [5, 5.41) is 2.86. The van der Waals surface area contributed by atoms with Crippen molar-refractivity contribution in [3.05, 3.63) is 29.8 Å². The minimum atomic E-state index is -0.690. The van der Waals surface area contributed by atoms with Crippen molar-refractivity contribution < 1.29 is 23.8 Å². The quantitative estimate of drug-likeness (QED) is 0.468. The summed E-state index contributed by atoms with van der Waals surface area (Å²) >= 11 is 0. The van der Waals surface area contributed by atoms with Crippen LogP contribution in [-0.2, 0) is 9.47 Å². The number of carbonyl (C=O) groups is 2. The highest BCUT2D eigenvalue weighted by molar-refractivity contribution is 5.69. The van der Waals surface area contributed by atoms with Gasteiger partial charge in [0.15, 0.2) is 0 Å².